The first-order valence-corrected chi connectivity index (χ1v) is 10.6. The molecule has 1 aliphatic rings. The Kier molecular flexibility index (Phi) is 11.3. The van der Waals surface area contributed by atoms with Gasteiger partial charge in [0.25, 0.3) is 5.91 Å². The van der Waals surface area contributed by atoms with E-state index in [4.69, 9.17) is 4.74 Å². The Bertz CT molecular complexity index is 590. The van der Waals surface area contributed by atoms with Gasteiger partial charge in [-0.05, 0) is 39.4 Å². The molecule has 0 aliphatic carbocycles. The summed E-state index contributed by atoms with van der Waals surface area (Å²) < 4.78 is 5.23. The fourth-order valence-corrected chi connectivity index (χ4v) is 2.98. The lowest BCUT2D eigenvalue weighted by Gasteiger charge is -2.30. The Morgan fingerprint density at radius 2 is 1.70 bits per heavy atom. The van der Waals surface area contributed by atoms with Crippen LogP contribution in [0.2, 0.25) is 0 Å². The highest BCUT2D eigenvalue weighted by Crippen LogP contribution is 2.06. The number of ether oxygens (including phenoxy) is 1. The van der Waals surface area contributed by atoms with Crippen LogP contribution in [0, 0.1) is 5.92 Å². The molecule has 0 bridgehead atoms. The zero-order valence-corrected chi connectivity index (χ0v) is 18.8. The summed E-state index contributed by atoms with van der Waals surface area (Å²) in [6, 6.07) is -2.09. The summed E-state index contributed by atoms with van der Waals surface area (Å²) in [4.78, 5) is 53.4. The van der Waals surface area contributed by atoms with Crippen molar-refractivity contribution in [3.05, 3.63) is 0 Å². The lowest BCUT2D eigenvalue weighted by atomic mass is 10.0. The largest absolute Gasteiger partial charge is 0.378 e. The maximum atomic E-state index is 12.8. The molecule has 10 nitrogen and oxygen atoms in total. The van der Waals surface area contributed by atoms with E-state index in [9.17, 15) is 19.2 Å². The van der Waals surface area contributed by atoms with Crippen LogP contribution in [0.3, 0.4) is 0 Å². The molecule has 4 amide bonds. The van der Waals surface area contributed by atoms with E-state index in [-0.39, 0.29) is 18.4 Å². The average Bonchev–Trinajstić information content (AvgIpc) is 2.72. The second-order valence-corrected chi connectivity index (χ2v) is 8.02. The van der Waals surface area contributed by atoms with E-state index in [0.29, 0.717) is 32.8 Å². The molecule has 1 rings (SSSR count). The number of urea groups is 1. The summed E-state index contributed by atoms with van der Waals surface area (Å²) in [6.07, 6.45) is 0.996. The van der Waals surface area contributed by atoms with Crippen LogP contribution < -0.4 is 16.0 Å². The van der Waals surface area contributed by atoms with Gasteiger partial charge in [0.15, 0.2) is 0 Å². The third kappa shape index (κ3) is 8.66. The van der Waals surface area contributed by atoms with Gasteiger partial charge >= 0.3 is 6.03 Å². The Hall–Kier alpha value is -2.20. The van der Waals surface area contributed by atoms with E-state index in [0.717, 1.165) is 13.0 Å². The van der Waals surface area contributed by atoms with Crippen LogP contribution in [0.1, 0.15) is 33.6 Å². The molecule has 1 fully saturated rings. The zero-order valence-electron chi connectivity index (χ0n) is 18.8. The molecule has 3 N–H and O–H groups in total. The second kappa shape index (κ2) is 13.2. The predicted octanol–water partition coefficient (Wildman–Crippen LogP) is -0.415. The summed E-state index contributed by atoms with van der Waals surface area (Å²) in [5.74, 6) is -2.06. The number of hydrogen-bond donors (Lipinski definition) is 3. The summed E-state index contributed by atoms with van der Waals surface area (Å²) in [5, 5.41) is 7.97. The Morgan fingerprint density at radius 3 is 2.23 bits per heavy atom. The van der Waals surface area contributed by atoms with E-state index in [1.54, 1.807) is 11.8 Å². The van der Waals surface area contributed by atoms with Crippen LogP contribution in [0.4, 0.5) is 4.79 Å². The fraction of sp³-hybridized carbons (Fsp3) is 0.800. The van der Waals surface area contributed by atoms with Crippen molar-refractivity contribution in [2.75, 3.05) is 53.5 Å². The molecule has 1 saturated heterocycles. The molecule has 1 aliphatic heterocycles. The molecule has 0 spiro atoms. The molecule has 0 aromatic heterocycles. The maximum Gasteiger partial charge on any atom is 0.318 e. The van der Waals surface area contributed by atoms with Gasteiger partial charge in [0.2, 0.25) is 11.7 Å². The van der Waals surface area contributed by atoms with E-state index in [1.165, 1.54) is 0 Å². The summed E-state index contributed by atoms with van der Waals surface area (Å²) in [5.41, 5.74) is 0. The normalized spacial score (nSPS) is 16.2. The molecule has 10 heteroatoms. The molecule has 172 valence electrons. The number of rotatable bonds is 11. The van der Waals surface area contributed by atoms with Gasteiger partial charge in [-0.15, -0.1) is 0 Å². The minimum Gasteiger partial charge on any atom is -0.378 e. The van der Waals surface area contributed by atoms with Crippen LogP contribution in [-0.2, 0) is 19.1 Å². The molecule has 0 aromatic rings. The van der Waals surface area contributed by atoms with E-state index in [1.807, 2.05) is 32.8 Å². The van der Waals surface area contributed by atoms with Gasteiger partial charge in [-0.3, -0.25) is 14.4 Å². The number of morpholine rings is 1. The van der Waals surface area contributed by atoms with E-state index >= 15 is 0 Å². The van der Waals surface area contributed by atoms with Crippen molar-refractivity contribution >= 4 is 23.6 Å². The zero-order chi connectivity index (χ0) is 22.7. The number of ketones is 1. The molecule has 1 heterocycles. The van der Waals surface area contributed by atoms with Crippen molar-refractivity contribution in [2.24, 2.45) is 5.92 Å². The summed E-state index contributed by atoms with van der Waals surface area (Å²) in [6.45, 7) is 8.36. The highest BCUT2D eigenvalue weighted by Gasteiger charge is 2.31. The number of hydrogen-bond acceptors (Lipinski definition) is 6. The highest BCUT2D eigenvalue weighted by atomic mass is 16.5. The Morgan fingerprint density at radius 1 is 1.07 bits per heavy atom. The van der Waals surface area contributed by atoms with Crippen LogP contribution >= 0.6 is 0 Å². The number of carbonyl (C=O) groups excluding carboxylic acids is 4. The van der Waals surface area contributed by atoms with Gasteiger partial charge in [0.1, 0.15) is 6.04 Å². The van der Waals surface area contributed by atoms with Crippen molar-refractivity contribution in [3.8, 4) is 0 Å². The number of Topliss-reactive ketones (excluding diaryl/α,β-unsaturated/α-hetero) is 1. The molecule has 0 unspecified atom stereocenters. The SMILES string of the molecule is CC[C@H](NC(=O)[C@@H](NC(=O)N1CCOCC1)C(C)C)C(=O)C(=O)NCCCN(C)C. The van der Waals surface area contributed by atoms with Crippen molar-refractivity contribution < 1.29 is 23.9 Å². The van der Waals surface area contributed by atoms with Gasteiger partial charge in [-0.25, -0.2) is 4.79 Å². The Balaban J connectivity index is 2.63. The van der Waals surface area contributed by atoms with Gasteiger partial charge in [0, 0.05) is 19.6 Å². The van der Waals surface area contributed by atoms with Crippen LogP contribution in [0.5, 0.6) is 0 Å². The van der Waals surface area contributed by atoms with Crippen LogP contribution in [0.25, 0.3) is 0 Å². The molecular weight excluding hydrogens is 390 g/mol. The highest BCUT2D eigenvalue weighted by molar-refractivity contribution is 6.38. The lowest BCUT2D eigenvalue weighted by molar-refractivity contribution is -0.140. The average molecular weight is 428 g/mol. The topological polar surface area (TPSA) is 120 Å². The minimum absolute atomic E-state index is 0.192. The lowest BCUT2D eigenvalue weighted by Crippen LogP contribution is -2.58. The first kappa shape index (κ1) is 25.8. The Labute approximate surface area is 179 Å². The van der Waals surface area contributed by atoms with Gasteiger partial charge in [0.05, 0.1) is 19.3 Å². The number of carbonyl (C=O) groups is 4. The molecule has 2 atom stereocenters. The quantitative estimate of drug-likeness (QED) is 0.304. The van der Waals surface area contributed by atoms with Crippen molar-refractivity contribution in [1.82, 2.24) is 25.8 Å². The maximum absolute atomic E-state index is 12.8. The molecule has 0 radical (unpaired) electrons. The standard InChI is InChI=1S/C20H37N5O5/c1-6-15(17(26)19(28)21-8-7-9-24(4)5)22-18(27)16(14(2)3)23-20(29)25-10-12-30-13-11-25/h14-16H,6-13H2,1-5H3,(H,21,28)(H,22,27)(H,23,29)/t15-,16-/m0/s1. The molecule has 30 heavy (non-hydrogen) atoms. The van der Waals surface area contributed by atoms with Crippen LogP contribution in [-0.4, -0.2) is 99.0 Å². The minimum atomic E-state index is -0.937. The number of nitrogens with one attached hydrogen (secondary N) is 3. The van der Waals surface area contributed by atoms with E-state index < -0.39 is 29.7 Å². The summed E-state index contributed by atoms with van der Waals surface area (Å²) >= 11 is 0. The molecule has 0 aromatic carbocycles. The smallest absolute Gasteiger partial charge is 0.318 e. The number of amides is 4. The summed E-state index contributed by atoms with van der Waals surface area (Å²) in [7, 11) is 3.86. The van der Waals surface area contributed by atoms with Gasteiger partial charge < -0.3 is 30.5 Å². The van der Waals surface area contributed by atoms with Crippen molar-refractivity contribution in [2.45, 2.75) is 45.7 Å². The van der Waals surface area contributed by atoms with Crippen molar-refractivity contribution in [3.63, 3.8) is 0 Å². The first-order valence-electron chi connectivity index (χ1n) is 10.6. The fourth-order valence-electron chi connectivity index (χ4n) is 2.98. The monoisotopic (exact) mass is 427 g/mol. The molecular formula is C20H37N5O5. The van der Waals surface area contributed by atoms with Gasteiger partial charge in [-0.1, -0.05) is 20.8 Å². The second-order valence-electron chi connectivity index (χ2n) is 8.02. The van der Waals surface area contributed by atoms with Gasteiger partial charge in [-0.2, -0.15) is 0 Å². The first-order chi connectivity index (χ1) is 14.2. The third-order valence-corrected chi connectivity index (χ3v) is 4.86. The van der Waals surface area contributed by atoms with Crippen LogP contribution in [0.15, 0.2) is 0 Å². The number of nitrogens with zero attached hydrogens (tertiary/aromatic N) is 2. The predicted molar refractivity (Wildman–Crippen MR) is 113 cm³/mol. The third-order valence-electron chi connectivity index (χ3n) is 4.86. The molecule has 0 saturated carbocycles. The van der Waals surface area contributed by atoms with Crippen molar-refractivity contribution in [1.29, 1.82) is 0 Å². The van der Waals surface area contributed by atoms with E-state index in [2.05, 4.69) is 16.0 Å².